The van der Waals surface area contributed by atoms with Crippen LogP contribution in [0.25, 0.3) is 0 Å². The molecular formula is C14H17ClN2O2. The Morgan fingerprint density at radius 1 is 1.42 bits per heavy atom. The highest BCUT2D eigenvalue weighted by atomic mass is 35.5. The lowest BCUT2D eigenvalue weighted by Gasteiger charge is -2.16. The molecule has 1 aliphatic rings. The number of rotatable bonds is 4. The Balaban J connectivity index is 2.12. The average molecular weight is 281 g/mol. The van der Waals surface area contributed by atoms with Gasteiger partial charge in [-0.2, -0.15) is 0 Å². The van der Waals surface area contributed by atoms with Gasteiger partial charge in [-0.1, -0.05) is 18.5 Å². The van der Waals surface area contributed by atoms with E-state index in [9.17, 15) is 9.59 Å². The van der Waals surface area contributed by atoms with Crippen LogP contribution in [0.1, 0.15) is 25.3 Å². The second-order valence-electron chi connectivity index (χ2n) is 4.74. The summed E-state index contributed by atoms with van der Waals surface area (Å²) in [6, 6.07) is 4.97. The van der Waals surface area contributed by atoms with Crippen molar-refractivity contribution in [1.29, 1.82) is 0 Å². The van der Waals surface area contributed by atoms with Crippen LogP contribution in [-0.4, -0.2) is 29.3 Å². The molecule has 0 radical (unpaired) electrons. The molecule has 4 nitrogen and oxygen atoms in total. The molecule has 1 aliphatic heterocycles. The summed E-state index contributed by atoms with van der Waals surface area (Å²) in [5, 5.41) is 3.79. The van der Waals surface area contributed by atoms with E-state index in [-0.39, 0.29) is 18.2 Å². The van der Waals surface area contributed by atoms with E-state index in [2.05, 4.69) is 5.32 Å². The Bertz CT molecular complexity index is 516. The summed E-state index contributed by atoms with van der Waals surface area (Å²) in [7, 11) is 0. The highest BCUT2D eigenvalue weighted by molar-refractivity contribution is 6.30. The Kier molecular flexibility index (Phi) is 4.10. The lowest BCUT2D eigenvalue weighted by molar-refractivity contribution is -0.138. The number of hydrogen-bond acceptors (Lipinski definition) is 3. The van der Waals surface area contributed by atoms with Crippen LogP contribution in [0.15, 0.2) is 18.2 Å². The normalized spacial score (nSPS) is 19.1. The molecule has 1 aromatic carbocycles. The molecule has 1 heterocycles. The molecule has 0 aliphatic carbocycles. The SMILES string of the molecule is CCCN1C(=O)CC(Nc2ccc(Cl)cc2C)C1=O. The van der Waals surface area contributed by atoms with Gasteiger partial charge in [0.1, 0.15) is 6.04 Å². The molecule has 1 N–H and O–H groups in total. The maximum absolute atomic E-state index is 12.1. The number of carbonyl (C=O) groups excluding carboxylic acids is 2. The number of anilines is 1. The second kappa shape index (κ2) is 5.61. The zero-order valence-corrected chi connectivity index (χ0v) is 11.8. The summed E-state index contributed by atoms with van der Waals surface area (Å²) in [6.07, 6.45) is 1.01. The van der Waals surface area contributed by atoms with Crippen LogP contribution >= 0.6 is 11.6 Å². The van der Waals surface area contributed by atoms with E-state index in [4.69, 9.17) is 11.6 Å². The van der Waals surface area contributed by atoms with Crippen molar-refractivity contribution in [3.05, 3.63) is 28.8 Å². The van der Waals surface area contributed by atoms with E-state index in [1.165, 1.54) is 4.90 Å². The van der Waals surface area contributed by atoms with Gasteiger partial charge in [0.05, 0.1) is 6.42 Å². The largest absolute Gasteiger partial charge is 0.373 e. The smallest absolute Gasteiger partial charge is 0.252 e. The minimum atomic E-state index is -0.459. The molecule has 1 saturated heterocycles. The number of likely N-dealkylation sites (tertiary alicyclic amines) is 1. The number of aryl methyl sites for hydroxylation is 1. The summed E-state index contributed by atoms with van der Waals surface area (Å²) in [6.45, 7) is 4.36. The zero-order valence-electron chi connectivity index (χ0n) is 11.1. The van der Waals surface area contributed by atoms with Gasteiger partial charge in [0, 0.05) is 17.3 Å². The first-order valence-corrected chi connectivity index (χ1v) is 6.77. The van der Waals surface area contributed by atoms with E-state index in [0.717, 1.165) is 17.7 Å². The van der Waals surface area contributed by atoms with Crippen molar-refractivity contribution in [2.75, 3.05) is 11.9 Å². The average Bonchev–Trinajstić information content (AvgIpc) is 2.61. The van der Waals surface area contributed by atoms with E-state index in [0.29, 0.717) is 11.6 Å². The molecule has 0 bridgehead atoms. The number of carbonyl (C=O) groups is 2. The van der Waals surface area contributed by atoms with E-state index in [1.54, 1.807) is 6.07 Å². The summed E-state index contributed by atoms with van der Waals surface area (Å²) in [4.78, 5) is 25.2. The van der Waals surface area contributed by atoms with Crippen LogP contribution in [0.4, 0.5) is 5.69 Å². The summed E-state index contributed by atoms with van der Waals surface area (Å²) in [5.74, 6) is -0.239. The number of imide groups is 1. The number of benzene rings is 1. The molecule has 0 aromatic heterocycles. The van der Waals surface area contributed by atoms with Crippen LogP contribution < -0.4 is 5.32 Å². The number of halogens is 1. The summed E-state index contributed by atoms with van der Waals surface area (Å²) in [5.41, 5.74) is 1.80. The standard InChI is InChI=1S/C14H17ClN2O2/c1-3-6-17-13(18)8-12(14(17)19)16-11-5-4-10(15)7-9(11)2/h4-5,7,12,16H,3,6,8H2,1-2H3. The summed E-state index contributed by atoms with van der Waals surface area (Å²) >= 11 is 5.89. The third kappa shape index (κ3) is 2.89. The van der Waals surface area contributed by atoms with Crippen LogP contribution in [0.3, 0.4) is 0 Å². The Morgan fingerprint density at radius 3 is 2.79 bits per heavy atom. The van der Waals surface area contributed by atoms with Crippen LogP contribution in [0.2, 0.25) is 5.02 Å². The van der Waals surface area contributed by atoms with Crippen molar-refractivity contribution in [2.24, 2.45) is 0 Å². The van der Waals surface area contributed by atoms with Crippen molar-refractivity contribution in [3.63, 3.8) is 0 Å². The van der Waals surface area contributed by atoms with Gasteiger partial charge < -0.3 is 5.32 Å². The fourth-order valence-electron chi connectivity index (χ4n) is 2.23. The number of nitrogens with one attached hydrogen (secondary N) is 1. The van der Waals surface area contributed by atoms with Crippen LogP contribution in [-0.2, 0) is 9.59 Å². The first-order chi connectivity index (χ1) is 9.02. The maximum atomic E-state index is 12.1. The highest BCUT2D eigenvalue weighted by Crippen LogP contribution is 2.23. The zero-order chi connectivity index (χ0) is 14.0. The fraction of sp³-hybridized carbons (Fsp3) is 0.429. The molecule has 1 fully saturated rings. The molecule has 0 spiro atoms. The lowest BCUT2D eigenvalue weighted by atomic mass is 10.1. The maximum Gasteiger partial charge on any atom is 0.252 e. The third-order valence-corrected chi connectivity index (χ3v) is 3.44. The van der Waals surface area contributed by atoms with Crippen LogP contribution in [0, 0.1) is 6.92 Å². The Hall–Kier alpha value is -1.55. The first kappa shape index (κ1) is 13.9. The van der Waals surface area contributed by atoms with Gasteiger partial charge in [-0.25, -0.2) is 0 Å². The quantitative estimate of drug-likeness (QED) is 0.863. The second-order valence-corrected chi connectivity index (χ2v) is 5.18. The molecule has 1 atom stereocenters. The first-order valence-electron chi connectivity index (χ1n) is 6.39. The predicted octanol–water partition coefficient (Wildman–Crippen LogP) is 2.60. The van der Waals surface area contributed by atoms with Crippen molar-refractivity contribution in [1.82, 2.24) is 4.90 Å². The van der Waals surface area contributed by atoms with Gasteiger partial charge in [-0.05, 0) is 37.1 Å². The molecule has 0 saturated carbocycles. The highest BCUT2D eigenvalue weighted by Gasteiger charge is 2.37. The minimum absolute atomic E-state index is 0.101. The van der Waals surface area contributed by atoms with Gasteiger partial charge in [0.2, 0.25) is 5.91 Å². The number of nitrogens with zero attached hydrogens (tertiary/aromatic N) is 1. The minimum Gasteiger partial charge on any atom is -0.373 e. The van der Waals surface area contributed by atoms with Gasteiger partial charge in [-0.3, -0.25) is 14.5 Å². The lowest BCUT2D eigenvalue weighted by Crippen LogP contribution is -2.35. The third-order valence-electron chi connectivity index (χ3n) is 3.21. The van der Waals surface area contributed by atoms with Crippen molar-refractivity contribution >= 4 is 29.1 Å². The van der Waals surface area contributed by atoms with Gasteiger partial charge >= 0.3 is 0 Å². The van der Waals surface area contributed by atoms with Crippen LogP contribution in [0.5, 0.6) is 0 Å². The summed E-state index contributed by atoms with van der Waals surface area (Å²) < 4.78 is 0. The van der Waals surface area contributed by atoms with Crippen molar-refractivity contribution in [3.8, 4) is 0 Å². The molecule has 2 rings (SSSR count). The monoisotopic (exact) mass is 280 g/mol. The molecule has 19 heavy (non-hydrogen) atoms. The number of hydrogen-bond donors (Lipinski definition) is 1. The van der Waals surface area contributed by atoms with E-state index >= 15 is 0 Å². The molecule has 1 unspecified atom stereocenters. The van der Waals surface area contributed by atoms with Gasteiger partial charge in [0.25, 0.3) is 5.91 Å². The number of amides is 2. The topological polar surface area (TPSA) is 49.4 Å². The Morgan fingerprint density at radius 2 is 2.16 bits per heavy atom. The molecule has 5 heteroatoms. The molecule has 2 amide bonds. The van der Waals surface area contributed by atoms with E-state index < -0.39 is 6.04 Å². The molecular weight excluding hydrogens is 264 g/mol. The Labute approximate surface area is 117 Å². The van der Waals surface area contributed by atoms with Gasteiger partial charge in [-0.15, -0.1) is 0 Å². The van der Waals surface area contributed by atoms with Gasteiger partial charge in [0.15, 0.2) is 0 Å². The van der Waals surface area contributed by atoms with E-state index in [1.807, 2.05) is 26.0 Å². The fourth-order valence-corrected chi connectivity index (χ4v) is 2.46. The molecule has 1 aromatic rings. The van der Waals surface area contributed by atoms with Crippen molar-refractivity contribution < 1.29 is 9.59 Å². The van der Waals surface area contributed by atoms with Crippen molar-refractivity contribution in [2.45, 2.75) is 32.7 Å². The predicted molar refractivity (Wildman–Crippen MR) is 75.2 cm³/mol. The molecule has 102 valence electrons.